The molecular weight excluding hydrogens is 865 g/mol. The van der Waals surface area contributed by atoms with Gasteiger partial charge in [0, 0.05) is 16.8 Å². The molecule has 67 heavy (non-hydrogen) atoms. The molecule has 0 spiro atoms. The molecule has 4 heterocycles. The second kappa shape index (κ2) is 49.6. The smallest absolute Gasteiger partial charge is 0.662 e. The van der Waals surface area contributed by atoms with Gasteiger partial charge < -0.3 is 41.7 Å². The summed E-state index contributed by atoms with van der Waals surface area (Å²) in [4.78, 5) is 0. The van der Waals surface area contributed by atoms with E-state index in [9.17, 15) is 20.4 Å². The van der Waals surface area contributed by atoms with Crippen LogP contribution < -0.4 is 37.7 Å². The van der Waals surface area contributed by atoms with Crippen LogP contribution in [0.25, 0.3) is 21.3 Å². The van der Waals surface area contributed by atoms with Crippen molar-refractivity contribution >= 4 is 0 Å². The van der Waals surface area contributed by atoms with Crippen LogP contribution in [0.15, 0.2) is 0 Å². The predicted molar refractivity (Wildman–Crippen MR) is 279 cm³/mol. The maximum absolute atomic E-state index is 9.54. The summed E-state index contributed by atoms with van der Waals surface area (Å²) in [6, 6.07) is 0. The van der Waals surface area contributed by atoms with E-state index in [1.807, 2.05) is 0 Å². The van der Waals surface area contributed by atoms with Crippen molar-refractivity contribution in [3.63, 3.8) is 0 Å². The van der Waals surface area contributed by atoms with Crippen LogP contribution in [0.5, 0.6) is 0 Å². The molecule has 4 saturated heterocycles. The van der Waals surface area contributed by atoms with E-state index in [4.69, 9.17) is 0 Å². The van der Waals surface area contributed by atoms with Gasteiger partial charge in [0.25, 0.3) is 0 Å². The summed E-state index contributed by atoms with van der Waals surface area (Å²) in [6.45, 7) is 26.7. The molecule has 8 atom stereocenters. The van der Waals surface area contributed by atoms with Crippen molar-refractivity contribution in [2.45, 2.75) is 260 Å². The average molecular weight is 978 g/mol. The predicted octanol–water partition coefficient (Wildman–Crippen LogP) is 8.96. The Bertz CT molecular complexity index is 791. The Hall–Kier alpha value is 1.38. The summed E-state index contributed by atoms with van der Waals surface area (Å²) < 4.78 is 0. The number of nitrogens with zero attached hydrogens (tertiary/aromatic N) is 4. The van der Waals surface area contributed by atoms with E-state index in [2.05, 4.69) is 76.7 Å². The van der Waals surface area contributed by atoms with Crippen LogP contribution >= 0.6 is 0 Å². The molecule has 0 aromatic rings. The molecule has 11 heteroatoms. The fourth-order valence-corrected chi connectivity index (χ4v) is 10.6. The zero-order chi connectivity index (χ0) is 47.2. The van der Waals surface area contributed by atoms with Gasteiger partial charge in [0.2, 0.25) is 0 Å². The van der Waals surface area contributed by atoms with Crippen LogP contribution in [0.2, 0.25) is 0 Å². The minimum atomic E-state index is -0.00579. The van der Waals surface area contributed by atoms with Gasteiger partial charge in [-0.1, -0.05) is 184 Å². The van der Waals surface area contributed by atoms with E-state index < -0.39 is 0 Å². The molecule has 4 aliphatic carbocycles. The quantitative estimate of drug-likeness (QED) is 0.209. The molecule has 4 saturated carbocycles. The number of hydrogen-bond acceptors (Lipinski definition) is 4. The van der Waals surface area contributed by atoms with Crippen molar-refractivity contribution < 1.29 is 74.9 Å². The molecule has 8 aliphatic rings. The SMILES string of the molecule is C1CC[N-]CC1.C1CC[N-]CC1.C1CC[N-]CC1.C1CC[N-]CC1.CC(C)C1CCCCC1O.CC(C)C1CCCCC1O.CC(C)C1CCCCC1O.CC(C)C1CCCCC1O.[Co].[Li+].[Li+]. The molecule has 0 amide bonds. The Kier molecular flexibility index (Phi) is 53.8. The Labute approximate surface area is 452 Å². The second-order valence-electron chi connectivity index (χ2n) is 22.0. The molecule has 4 aliphatic heterocycles. The van der Waals surface area contributed by atoms with Gasteiger partial charge in [-0.15, -0.1) is 52.4 Å². The third kappa shape index (κ3) is 39.5. The van der Waals surface area contributed by atoms with Crippen LogP contribution in [-0.4, -0.2) is 97.2 Å². The molecule has 1 radical (unpaired) electrons. The van der Waals surface area contributed by atoms with E-state index in [0.29, 0.717) is 47.3 Å². The Balaban J connectivity index is -0.000000701. The van der Waals surface area contributed by atoms with Crippen molar-refractivity contribution in [3.8, 4) is 0 Å². The van der Waals surface area contributed by atoms with Gasteiger partial charge in [-0.3, -0.25) is 0 Å². The maximum atomic E-state index is 9.54. The first-order chi connectivity index (χ1) is 30.9. The normalized spacial score (nSPS) is 29.4. The Morgan fingerprint density at radius 1 is 0.254 bits per heavy atom. The second-order valence-corrected chi connectivity index (χ2v) is 22.0. The first-order valence-corrected chi connectivity index (χ1v) is 28.1. The van der Waals surface area contributed by atoms with Crippen LogP contribution in [0.1, 0.15) is 235 Å². The summed E-state index contributed by atoms with van der Waals surface area (Å²) in [6.07, 6.45) is 35.5. The zero-order valence-electron chi connectivity index (χ0n) is 46.3. The van der Waals surface area contributed by atoms with Crippen LogP contribution in [0, 0.1) is 47.3 Å². The van der Waals surface area contributed by atoms with Crippen molar-refractivity contribution in [1.82, 2.24) is 0 Å². The first-order valence-electron chi connectivity index (χ1n) is 28.1. The molecule has 8 rings (SSSR count). The van der Waals surface area contributed by atoms with E-state index in [1.165, 1.54) is 154 Å². The van der Waals surface area contributed by atoms with Gasteiger partial charge in [-0.2, -0.15) is 0 Å². The molecule has 0 bridgehead atoms. The van der Waals surface area contributed by atoms with E-state index in [1.54, 1.807) is 0 Å². The summed E-state index contributed by atoms with van der Waals surface area (Å²) in [5.74, 6) is 4.96. The van der Waals surface area contributed by atoms with Crippen LogP contribution in [0.3, 0.4) is 0 Å². The summed E-state index contributed by atoms with van der Waals surface area (Å²) in [5.41, 5.74) is 0. The van der Waals surface area contributed by atoms with E-state index in [0.717, 1.165) is 78.0 Å². The molecule has 0 aromatic heterocycles. The van der Waals surface area contributed by atoms with Gasteiger partial charge in [0.1, 0.15) is 0 Å². The number of hydrogen-bond donors (Lipinski definition) is 4. The minimum Gasteiger partial charge on any atom is -0.662 e. The van der Waals surface area contributed by atoms with Gasteiger partial charge in [0.05, 0.1) is 24.4 Å². The number of piperidine rings is 4. The zero-order valence-corrected chi connectivity index (χ0v) is 47.3. The largest absolute Gasteiger partial charge is 1.00 e. The van der Waals surface area contributed by atoms with Gasteiger partial charge in [-0.05, 0) is 98.7 Å². The fraction of sp³-hybridized carbons (Fsp3) is 1.00. The Morgan fingerprint density at radius 2 is 0.403 bits per heavy atom. The molecule has 0 aromatic carbocycles. The van der Waals surface area contributed by atoms with Crippen LogP contribution in [0.4, 0.5) is 0 Å². The molecule has 8 nitrogen and oxygen atoms in total. The third-order valence-electron chi connectivity index (χ3n) is 15.1. The average Bonchev–Trinajstić information content (AvgIpc) is 3.33. The molecule has 393 valence electrons. The molecular formula is C56H112CoLi2N4O4-2. The summed E-state index contributed by atoms with van der Waals surface area (Å²) in [7, 11) is 0. The van der Waals surface area contributed by atoms with Crippen molar-refractivity contribution in [2.24, 2.45) is 47.3 Å². The van der Waals surface area contributed by atoms with Gasteiger partial charge in [-0.25, -0.2) is 0 Å². The maximum Gasteiger partial charge on any atom is 1.00 e. The van der Waals surface area contributed by atoms with E-state index in [-0.39, 0.29) is 78.9 Å². The number of aliphatic hydroxyl groups excluding tert-OH is 4. The van der Waals surface area contributed by atoms with Gasteiger partial charge in [0.15, 0.2) is 0 Å². The monoisotopic (exact) mass is 978 g/mol. The van der Waals surface area contributed by atoms with Crippen molar-refractivity contribution in [3.05, 3.63) is 21.3 Å². The topological polar surface area (TPSA) is 137 Å². The standard InChI is InChI=1S/4C9H18O.4C5H10N.Co.2Li/c4*1-7(2)8-5-3-4-6-9(8)10;4*1-2-4-6-5-3-1;;;/h4*7-10H,3-6H2,1-2H3;4*1-5H2;;;/q;;;;4*-1;;2*+1. The summed E-state index contributed by atoms with van der Waals surface area (Å²) >= 11 is 0. The molecule has 4 N–H and O–H groups in total. The van der Waals surface area contributed by atoms with Crippen molar-refractivity contribution in [1.29, 1.82) is 0 Å². The summed E-state index contributed by atoms with van der Waals surface area (Å²) in [5, 5.41) is 54.9. The minimum absolute atomic E-state index is 0. The van der Waals surface area contributed by atoms with Crippen LogP contribution in [-0.2, 0) is 16.8 Å². The number of rotatable bonds is 4. The number of aliphatic hydroxyl groups is 4. The molecule has 8 fully saturated rings. The fourth-order valence-electron chi connectivity index (χ4n) is 10.6. The van der Waals surface area contributed by atoms with Gasteiger partial charge >= 0.3 is 37.7 Å². The molecule has 8 unspecified atom stereocenters. The van der Waals surface area contributed by atoms with E-state index >= 15 is 0 Å². The van der Waals surface area contributed by atoms with Crippen molar-refractivity contribution in [2.75, 3.05) is 52.4 Å². The first kappa shape index (κ1) is 72.6. The Morgan fingerprint density at radius 3 is 0.478 bits per heavy atom. The third-order valence-corrected chi connectivity index (χ3v) is 15.1.